The lowest BCUT2D eigenvalue weighted by molar-refractivity contribution is -0.137. The first-order valence-electron chi connectivity index (χ1n) is 7.69. The maximum Gasteiger partial charge on any atom is 0.416 e. The second-order valence-electron chi connectivity index (χ2n) is 5.44. The van der Waals surface area contributed by atoms with Crippen LogP contribution >= 0.6 is 0 Å². The summed E-state index contributed by atoms with van der Waals surface area (Å²) in [5.41, 5.74) is -0.118. The van der Waals surface area contributed by atoms with Crippen LogP contribution in [0.2, 0.25) is 0 Å². The van der Waals surface area contributed by atoms with Gasteiger partial charge in [0, 0.05) is 13.6 Å². The van der Waals surface area contributed by atoms with Crippen LogP contribution in [0.3, 0.4) is 0 Å². The predicted octanol–water partition coefficient (Wildman–Crippen LogP) is 3.93. The minimum atomic E-state index is -4.36. The monoisotopic (exact) mass is 352 g/mol. The highest BCUT2D eigenvalue weighted by atomic mass is 19.4. The van der Waals surface area contributed by atoms with E-state index >= 15 is 0 Å². The minimum absolute atomic E-state index is 0.154. The number of likely N-dealkylation sites (N-methyl/N-ethyl adjacent to an activating group) is 1. The molecule has 0 bridgehead atoms. The van der Waals surface area contributed by atoms with Gasteiger partial charge in [0.05, 0.1) is 12.1 Å². The zero-order valence-electron chi connectivity index (χ0n) is 13.7. The first kappa shape index (κ1) is 18.6. The Morgan fingerprint density at radius 1 is 1.08 bits per heavy atom. The number of amides is 2. The van der Waals surface area contributed by atoms with Crippen LogP contribution in [-0.4, -0.2) is 31.1 Å². The van der Waals surface area contributed by atoms with Crippen LogP contribution in [0.25, 0.3) is 0 Å². The standard InChI is InChI=1S/C18H19F3N2O2/c1-23(11-12-25-16-5-3-2-4-6-16)17(24)22-13-14-7-9-15(10-8-14)18(19,20)21/h2-10H,11-13H2,1H3,(H,22,24). The van der Waals surface area contributed by atoms with Crippen LogP contribution in [0.15, 0.2) is 54.6 Å². The summed E-state index contributed by atoms with van der Waals surface area (Å²) in [6.07, 6.45) is -4.36. The fourth-order valence-corrected chi connectivity index (χ4v) is 2.04. The SMILES string of the molecule is CN(CCOc1ccccc1)C(=O)NCc1ccc(C(F)(F)F)cc1. The Labute approximate surface area is 144 Å². The fourth-order valence-electron chi connectivity index (χ4n) is 2.04. The van der Waals surface area contributed by atoms with Gasteiger partial charge in [0.2, 0.25) is 0 Å². The molecule has 1 N–H and O–H groups in total. The molecule has 7 heteroatoms. The van der Waals surface area contributed by atoms with Crippen molar-refractivity contribution in [2.75, 3.05) is 20.2 Å². The average molecular weight is 352 g/mol. The molecule has 0 aromatic heterocycles. The van der Waals surface area contributed by atoms with Crippen LogP contribution in [0.1, 0.15) is 11.1 Å². The second-order valence-corrected chi connectivity index (χ2v) is 5.44. The summed E-state index contributed by atoms with van der Waals surface area (Å²) in [4.78, 5) is 13.4. The Hall–Kier alpha value is -2.70. The second kappa shape index (κ2) is 8.41. The molecule has 0 saturated heterocycles. The van der Waals surface area contributed by atoms with Crippen molar-refractivity contribution in [3.05, 3.63) is 65.7 Å². The van der Waals surface area contributed by atoms with Crippen molar-refractivity contribution < 1.29 is 22.7 Å². The number of para-hydroxylation sites is 1. The summed E-state index contributed by atoms with van der Waals surface area (Å²) >= 11 is 0. The predicted molar refractivity (Wildman–Crippen MR) is 88.2 cm³/mol. The lowest BCUT2D eigenvalue weighted by Gasteiger charge is -2.18. The van der Waals surface area contributed by atoms with Crippen molar-refractivity contribution in [2.24, 2.45) is 0 Å². The fraction of sp³-hybridized carbons (Fsp3) is 0.278. The molecular formula is C18H19F3N2O2. The average Bonchev–Trinajstić information content (AvgIpc) is 2.60. The van der Waals surface area contributed by atoms with Crippen molar-refractivity contribution in [2.45, 2.75) is 12.7 Å². The Balaban J connectivity index is 1.73. The summed E-state index contributed by atoms with van der Waals surface area (Å²) in [7, 11) is 1.62. The van der Waals surface area contributed by atoms with Crippen molar-refractivity contribution in [3.8, 4) is 5.75 Å². The number of hydrogen-bond acceptors (Lipinski definition) is 2. The van der Waals surface area contributed by atoms with E-state index in [1.165, 1.54) is 17.0 Å². The zero-order valence-corrected chi connectivity index (χ0v) is 13.7. The molecule has 25 heavy (non-hydrogen) atoms. The molecule has 2 aromatic rings. The van der Waals surface area contributed by atoms with Gasteiger partial charge in [0.25, 0.3) is 0 Å². The topological polar surface area (TPSA) is 41.6 Å². The van der Waals surface area contributed by atoms with Crippen molar-refractivity contribution in [1.82, 2.24) is 10.2 Å². The van der Waals surface area contributed by atoms with E-state index in [0.29, 0.717) is 18.7 Å². The van der Waals surface area contributed by atoms with Crippen LogP contribution < -0.4 is 10.1 Å². The number of nitrogens with zero attached hydrogens (tertiary/aromatic N) is 1. The first-order chi connectivity index (χ1) is 11.9. The van der Waals surface area contributed by atoms with E-state index < -0.39 is 11.7 Å². The number of carbonyl (C=O) groups excluding carboxylic acids is 1. The van der Waals surface area contributed by atoms with E-state index in [-0.39, 0.29) is 12.6 Å². The largest absolute Gasteiger partial charge is 0.492 e. The van der Waals surface area contributed by atoms with Crippen LogP contribution in [-0.2, 0) is 12.7 Å². The molecule has 0 aliphatic heterocycles. The van der Waals surface area contributed by atoms with Crippen LogP contribution in [0.5, 0.6) is 5.75 Å². The van der Waals surface area contributed by atoms with Crippen LogP contribution in [0, 0.1) is 0 Å². The highest BCUT2D eigenvalue weighted by Crippen LogP contribution is 2.29. The van der Waals surface area contributed by atoms with Gasteiger partial charge < -0.3 is 15.0 Å². The van der Waals surface area contributed by atoms with Crippen molar-refractivity contribution >= 4 is 6.03 Å². The summed E-state index contributed by atoms with van der Waals surface area (Å²) in [6.45, 7) is 0.878. The van der Waals surface area contributed by atoms with E-state index in [1.807, 2.05) is 30.3 Å². The van der Waals surface area contributed by atoms with Gasteiger partial charge in [0.15, 0.2) is 0 Å². The highest BCUT2D eigenvalue weighted by molar-refractivity contribution is 5.73. The van der Waals surface area contributed by atoms with Gasteiger partial charge in [-0.2, -0.15) is 13.2 Å². The third-order valence-electron chi connectivity index (χ3n) is 3.51. The lowest BCUT2D eigenvalue weighted by atomic mass is 10.1. The zero-order chi connectivity index (χ0) is 18.3. The Kier molecular flexibility index (Phi) is 6.27. The van der Waals surface area contributed by atoms with E-state index in [2.05, 4.69) is 5.32 Å². The molecule has 0 radical (unpaired) electrons. The van der Waals surface area contributed by atoms with E-state index in [4.69, 9.17) is 4.74 Å². The molecule has 0 fully saturated rings. The smallest absolute Gasteiger partial charge is 0.416 e. The number of rotatable bonds is 6. The Bertz CT molecular complexity index is 673. The molecule has 0 saturated carbocycles. The molecule has 0 atom stereocenters. The minimum Gasteiger partial charge on any atom is -0.492 e. The molecular weight excluding hydrogens is 333 g/mol. The van der Waals surface area contributed by atoms with Gasteiger partial charge in [-0.3, -0.25) is 0 Å². The molecule has 2 amide bonds. The van der Waals surface area contributed by atoms with Gasteiger partial charge >= 0.3 is 12.2 Å². The molecule has 0 aliphatic rings. The normalized spacial score (nSPS) is 11.0. The number of ether oxygens (including phenoxy) is 1. The third-order valence-corrected chi connectivity index (χ3v) is 3.51. The molecule has 4 nitrogen and oxygen atoms in total. The maximum atomic E-state index is 12.5. The number of nitrogens with one attached hydrogen (secondary N) is 1. The van der Waals surface area contributed by atoms with E-state index in [9.17, 15) is 18.0 Å². The first-order valence-corrected chi connectivity index (χ1v) is 7.69. The van der Waals surface area contributed by atoms with Crippen molar-refractivity contribution in [3.63, 3.8) is 0 Å². The number of alkyl halides is 3. The van der Waals surface area contributed by atoms with Gasteiger partial charge in [-0.15, -0.1) is 0 Å². The lowest BCUT2D eigenvalue weighted by Crippen LogP contribution is -2.39. The quantitative estimate of drug-likeness (QED) is 0.856. The maximum absolute atomic E-state index is 12.5. The number of carbonyl (C=O) groups is 1. The van der Waals surface area contributed by atoms with Gasteiger partial charge in [-0.25, -0.2) is 4.79 Å². The summed E-state index contributed by atoms with van der Waals surface area (Å²) in [5, 5.41) is 2.66. The Morgan fingerprint density at radius 2 is 1.72 bits per heavy atom. The molecule has 0 spiro atoms. The van der Waals surface area contributed by atoms with Gasteiger partial charge in [0.1, 0.15) is 12.4 Å². The van der Waals surface area contributed by atoms with Crippen LogP contribution in [0.4, 0.5) is 18.0 Å². The molecule has 0 unspecified atom stereocenters. The third kappa shape index (κ3) is 6.02. The Morgan fingerprint density at radius 3 is 2.32 bits per heavy atom. The van der Waals surface area contributed by atoms with Gasteiger partial charge in [-0.05, 0) is 29.8 Å². The van der Waals surface area contributed by atoms with E-state index in [0.717, 1.165) is 17.9 Å². The number of urea groups is 1. The number of hydrogen-bond donors (Lipinski definition) is 1. The van der Waals surface area contributed by atoms with Crippen molar-refractivity contribution in [1.29, 1.82) is 0 Å². The summed E-state index contributed by atoms with van der Waals surface area (Å²) < 4.78 is 43.0. The molecule has 2 rings (SSSR count). The number of benzene rings is 2. The molecule has 0 aliphatic carbocycles. The number of halogens is 3. The molecule has 134 valence electrons. The molecule has 0 heterocycles. The summed E-state index contributed by atoms with van der Waals surface area (Å²) in [6, 6.07) is 13.6. The van der Waals surface area contributed by atoms with E-state index in [1.54, 1.807) is 7.05 Å². The highest BCUT2D eigenvalue weighted by Gasteiger charge is 2.29. The van der Waals surface area contributed by atoms with Gasteiger partial charge in [-0.1, -0.05) is 30.3 Å². The molecule has 2 aromatic carbocycles. The summed E-state index contributed by atoms with van der Waals surface area (Å²) in [5.74, 6) is 0.723.